The van der Waals surface area contributed by atoms with Crippen molar-refractivity contribution in [3.05, 3.63) is 45.8 Å². The first-order chi connectivity index (χ1) is 21.5. The normalized spacial score (nSPS) is 21.5. The molecule has 3 saturated heterocycles. The summed E-state index contributed by atoms with van der Waals surface area (Å²) in [4.78, 5) is 49.1. The summed E-state index contributed by atoms with van der Waals surface area (Å²) in [5.74, 6) is -0.354. The molecule has 45 heavy (non-hydrogen) atoms. The molecular formula is C36H49N5O3S. The van der Waals surface area contributed by atoms with E-state index in [-0.39, 0.29) is 17.7 Å². The van der Waals surface area contributed by atoms with Crippen molar-refractivity contribution in [2.75, 3.05) is 19.6 Å². The number of hydrogen-bond acceptors (Lipinski definition) is 5. The highest BCUT2D eigenvalue weighted by Gasteiger charge is 2.47. The molecule has 0 saturated carbocycles. The highest BCUT2D eigenvalue weighted by Crippen LogP contribution is 2.44. The number of H-pyrrole nitrogens is 1. The number of nitrogens with one attached hydrogen (secondary N) is 2. The molecule has 1 aromatic carbocycles. The van der Waals surface area contributed by atoms with Gasteiger partial charge in [0.25, 0.3) is 0 Å². The molecule has 4 N–H and O–H groups in total. The van der Waals surface area contributed by atoms with Gasteiger partial charge in [-0.2, -0.15) is 0 Å². The van der Waals surface area contributed by atoms with Gasteiger partial charge >= 0.3 is 0 Å². The number of thiophene rings is 1. The molecule has 242 valence electrons. The van der Waals surface area contributed by atoms with Crippen LogP contribution in [0.5, 0.6) is 0 Å². The second-order valence-electron chi connectivity index (χ2n) is 14.2. The van der Waals surface area contributed by atoms with E-state index in [1.807, 2.05) is 6.92 Å². The SMILES string of the molecule is CCC(NC(=O)C1CCN(CCc2c(-c3cc(C)cc(C)c3)[nH]c3sc(C(C)(C)C(=O)N4C5CCC4CC5)cc23)CC1)C(N)=O. The quantitative estimate of drug-likeness (QED) is 0.271. The van der Waals surface area contributed by atoms with Crippen LogP contribution in [0.15, 0.2) is 24.3 Å². The van der Waals surface area contributed by atoms with Crippen LogP contribution >= 0.6 is 11.3 Å². The van der Waals surface area contributed by atoms with Crippen molar-refractivity contribution in [3.63, 3.8) is 0 Å². The number of likely N-dealkylation sites (tertiary alicyclic amines) is 1. The van der Waals surface area contributed by atoms with Gasteiger partial charge < -0.3 is 25.8 Å². The minimum Gasteiger partial charge on any atom is -0.368 e. The molecule has 3 aromatic rings. The number of nitrogens with zero attached hydrogens (tertiary/aromatic N) is 2. The van der Waals surface area contributed by atoms with E-state index in [1.54, 1.807) is 11.3 Å². The van der Waals surface area contributed by atoms with Gasteiger partial charge in [0.05, 0.1) is 11.1 Å². The number of amides is 3. The number of carbonyl (C=O) groups excluding carboxylic acids is 3. The van der Waals surface area contributed by atoms with Gasteiger partial charge in [0.1, 0.15) is 10.9 Å². The molecule has 3 aliphatic rings. The molecule has 2 bridgehead atoms. The Balaban J connectivity index is 1.22. The summed E-state index contributed by atoms with van der Waals surface area (Å²) >= 11 is 1.73. The maximum Gasteiger partial charge on any atom is 0.239 e. The molecule has 5 heterocycles. The lowest BCUT2D eigenvalue weighted by molar-refractivity contribution is -0.137. The zero-order chi connectivity index (χ0) is 32.0. The van der Waals surface area contributed by atoms with Crippen molar-refractivity contribution in [3.8, 4) is 11.3 Å². The number of piperidine rings is 1. The van der Waals surface area contributed by atoms with E-state index >= 15 is 0 Å². The molecule has 2 aromatic heterocycles. The van der Waals surface area contributed by atoms with Crippen LogP contribution in [-0.4, -0.2) is 70.3 Å². The van der Waals surface area contributed by atoms with Crippen LogP contribution in [0.25, 0.3) is 21.5 Å². The first kappa shape index (κ1) is 31.8. The summed E-state index contributed by atoms with van der Waals surface area (Å²) in [6.07, 6.45) is 7.51. The van der Waals surface area contributed by atoms with Crippen molar-refractivity contribution in [1.29, 1.82) is 0 Å². The van der Waals surface area contributed by atoms with E-state index in [0.29, 0.717) is 18.5 Å². The zero-order valence-corrected chi connectivity index (χ0v) is 28.3. The molecule has 3 amide bonds. The van der Waals surface area contributed by atoms with Crippen molar-refractivity contribution < 1.29 is 14.4 Å². The van der Waals surface area contributed by atoms with E-state index in [2.05, 4.69) is 72.1 Å². The van der Waals surface area contributed by atoms with Crippen LogP contribution in [-0.2, 0) is 26.2 Å². The van der Waals surface area contributed by atoms with Gasteiger partial charge in [-0.05, 0) is 121 Å². The summed E-state index contributed by atoms with van der Waals surface area (Å²) in [6, 6.07) is 9.24. The van der Waals surface area contributed by atoms with Crippen LogP contribution in [0.4, 0.5) is 0 Å². The number of aromatic amines is 1. The first-order valence-electron chi connectivity index (χ1n) is 16.8. The topological polar surface area (TPSA) is 112 Å². The third-order valence-electron chi connectivity index (χ3n) is 10.7. The lowest BCUT2D eigenvalue weighted by Gasteiger charge is -2.32. The van der Waals surface area contributed by atoms with Crippen molar-refractivity contribution in [1.82, 2.24) is 20.1 Å². The highest BCUT2D eigenvalue weighted by atomic mass is 32.1. The van der Waals surface area contributed by atoms with E-state index in [9.17, 15) is 14.4 Å². The Bertz CT molecular complexity index is 1560. The van der Waals surface area contributed by atoms with Crippen LogP contribution in [0, 0.1) is 19.8 Å². The standard InChI is InChI=1S/C36H49N5O3S/c1-6-29(32(37)42)38-33(43)23-11-14-40(15-12-23)16-13-27-28-20-30(36(4,5)35(44)41-25-7-8-26(41)10-9-25)45-34(28)39-31(27)24-18-21(2)17-22(3)19-24/h17-20,23,25-26,29,39H,6-16H2,1-5H3,(H2,37,42)(H,38,43). The number of carbonyl (C=O) groups is 3. The fraction of sp³-hybridized carbons (Fsp3) is 0.583. The van der Waals surface area contributed by atoms with Gasteiger partial charge in [0, 0.05) is 34.8 Å². The number of primary amides is 1. The van der Waals surface area contributed by atoms with Gasteiger partial charge in [-0.15, -0.1) is 11.3 Å². The Morgan fingerprint density at radius 3 is 2.20 bits per heavy atom. The monoisotopic (exact) mass is 631 g/mol. The summed E-state index contributed by atoms with van der Waals surface area (Å²) in [5.41, 5.74) is 11.0. The molecule has 1 atom stereocenters. The van der Waals surface area contributed by atoms with Crippen LogP contribution < -0.4 is 11.1 Å². The summed E-state index contributed by atoms with van der Waals surface area (Å²) < 4.78 is 0. The van der Waals surface area contributed by atoms with Gasteiger partial charge in [-0.25, -0.2) is 0 Å². The minimum absolute atomic E-state index is 0.0605. The molecule has 0 aliphatic carbocycles. The number of rotatable bonds is 10. The summed E-state index contributed by atoms with van der Waals surface area (Å²) in [7, 11) is 0. The third kappa shape index (κ3) is 6.18. The Morgan fingerprint density at radius 1 is 1.00 bits per heavy atom. The average Bonchev–Trinajstić information content (AvgIpc) is 3.78. The van der Waals surface area contributed by atoms with E-state index in [4.69, 9.17) is 5.73 Å². The Labute approximate surface area is 271 Å². The smallest absolute Gasteiger partial charge is 0.239 e. The maximum atomic E-state index is 14.0. The fourth-order valence-corrected chi connectivity index (χ4v) is 9.17. The molecule has 6 rings (SSSR count). The predicted octanol–water partition coefficient (Wildman–Crippen LogP) is 5.58. The number of benzene rings is 1. The number of nitrogens with two attached hydrogens (primary N) is 1. The molecule has 0 spiro atoms. The van der Waals surface area contributed by atoms with Gasteiger partial charge in [0.15, 0.2) is 0 Å². The van der Waals surface area contributed by atoms with Crippen molar-refractivity contribution in [2.45, 2.75) is 110 Å². The van der Waals surface area contributed by atoms with E-state index in [0.717, 1.165) is 74.3 Å². The van der Waals surface area contributed by atoms with Gasteiger partial charge in [-0.1, -0.05) is 24.1 Å². The largest absolute Gasteiger partial charge is 0.368 e. The van der Waals surface area contributed by atoms with Gasteiger partial charge in [-0.3, -0.25) is 14.4 Å². The average molecular weight is 632 g/mol. The molecule has 8 nitrogen and oxygen atoms in total. The molecule has 0 radical (unpaired) electrons. The van der Waals surface area contributed by atoms with Crippen LogP contribution in [0.1, 0.15) is 87.3 Å². The molecule has 3 aliphatic heterocycles. The maximum absolute atomic E-state index is 14.0. The summed E-state index contributed by atoms with van der Waals surface area (Å²) in [5, 5.41) is 4.07. The minimum atomic E-state index is -0.600. The summed E-state index contributed by atoms with van der Waals surface area (Å²) in [6.45, 7) is 12.9. The van der Waals surface area contributed by atoms with Crippen molar-refractivity contribution >= 4 is 39.3 Å². The Morgan fingerprint density at radius 2 is 1.62 bits per heavy atom. The highest BCUT2D eigenvalue weighted by molar-refractivity contribution is 7.19. The van der Waals surface area contributed by atoms with E-state index < -0.39 is 17.4 Å². The van der Waals surface area contributed by atoms with Crippen LogP contribution in [0.3, 0.4) is 0 Å². The molecule has 9 heteroatoms. The van der Waals surface area contributed by atoms with Crippen LogP contribution in [0.2, 0.25) is 0 Å². The fourth-order valence-electron chi connectivity index (χ4n) is 7.99. The third-order valence-corrected chi connectivity index (χ3v) is 12.0. The first-order valence-corrected chi connectivity index (χ1v) is 17.7. The number of aromatic nitrogens is 1. The second-order valence-corrected chi connectivity index (χ2v) is 15.3. The van der Waals surface area contributed by atoms with Gasteiger partial charge in [0.2, 0.25) is 17.7 Å². The number of aryl methyl sites for hydroxylation is 2. The molecular weight excluding hydrogens is 582 g/mol. The lowest BCUT2D eigenvalue weighted by Crippen LogP contribution is -2.48. The van der Waals surface area contributed by atoms with Crippen molar-refractivity contribution in [2.24, 2.45) is 11.7 Å². The zero-order valence-electron chi connectivity index (χ0n) is 27.5. The number of hydrogen-bond donors (Lipinski definition) is 3. The molecule has 1 unspecified atom stereocenters. The Kier molecular flexibility index (Phi) is 8.87. The predicted molar refractivity (Wildman–Crippen MR) is 181 cm³/mol. The Hall–Kier alpha value is -3.17. The lowest BCUT2D eigenvalue weighted by atomic mass is 9.88. The number of fused-ring (bicyclic) bond motifs is 3. The molecule has 3 fully saturated rings. The van der Waals surface area contributed by atoms with E-state index in [1.165, 1.54) is 33.3 Å². The second kappa shape index (κ2) is 12.6.